The number of benzene rings is 2. The van der Waals surface area contributed by atoms with E-state index < -0.39 is 42.2 Å². The molecular weight excluding hydrogens is 1110 g/mol. The molecule has 0 radical (unpaired) electrons. The van der Waals surface area contributed by atoms with Crippen molar-refractivity contribution in [3.05, 3.63) is 71.8 Å². The lowest BCUT2D eigenvalue weighted by Crippen LogP contribution is -2.36. The standard InChI is InChI=1S/C70H108N6O10.CH4O/c1-7-9-11-13-15-17-19-21-23-25-27-29-31-33-35-40-47-82-61-51-59(50-55(3)66(61)84-48-41-36-34-32-30-28-26-24-22-20-18-16-14-12-10-8-2)69(80)74(6)46-49-83-63(78)44-45-64(79)86-60-52-62(85-56(60)4)75-54-73-65-67(75)71-53-72-68(65)76(57(5)77)70(81)58-42-38-37-39-43-58;1-2/h37-39,42-43,50-51,53-54,56,60,62H,7-36,40-41,44-49,52H2,1-6H3;2H,1H3/t56-,60?,62-;/m1./s1/i4D;2T. The molecule has 0 bridgehead atoms. The predicted octanol–water partition coefficient (Wildman–Crippen LogP) is 16.5. The van der Waals surface area contributed by atoms with Gasteiger partial charge in [0.25, 0.3) is 11.8 Å². The van der Waals surface area contributed by atoms with E-state index >= 15 is 0 Å². The number of esters is 2. The molecule has 4 aromatic rings. The molecule has 88 heavy (non-hydrogen) atoms. The summed E-state index contributed by atoms with van der Waals surface area (Å²) in [5.41, 5.74) is 2.02. The normalized spacial score (nSPS) is 14.8. The summed E-state index contributed by atoms with van der Waals surface area (Å²) in [6.45, 7) is 8.71. The minimum absolute atomic E-state index is 0.000612. The molecule has 1 fully saturated rings. The molecule has 17 nitrogen and oxygen atoms in total. The second kappa shape index (κ2) is 45.3. The molecule has 492 valence electrons. The van der Waals surface area contributed by atoms with Gasteiger partial charge in [-0.1, -0.05) is 225 Å². The van der Waals surface area contributed by atoms with E-state index in [2.05, 4.69) is 33.9 Å². The number of fused-ring (bicyclic) bond motifs is 1. The number of imide groups is 1. The highest BCUT2D eigenvalue weighted by molar-refractivity contribution is 6.22. The van der Waals surface area contributed by atoms with Crippen LogP contribution in [0.4, 0.5) is 5.82 Å². The first kappa shape index (κ1) is 71.1. The van der Waals surface area contributed by atoms with Crippen LogP contribution in [0.1, 0.15) is 286 Å². The fourth-order valence-corrected chi connectivity index (χ4v) is 11.2. The van der Waals surface area contributed by atoms with Crippen LogP contribution >= 0.6 is 0 Å². The molecule has 17 heteroatoms. The summed E-state index contributed by atoms with van der Waals surface area (Å²) in [5, 5.41) is 3.50. The monoisotopic (exact) mass is 1230 g/mol. The predicted molar refractivity (Wildman–Crippen MR) is 350 cm³/mol. The highest BCUT2D eigenvalue weighted by Gasteiger charge is 2.38. The summed E-state index contributed by atoms with van der Waals surface area (Å²) in [7, 11) is 2.95. The van der Waals surface area contributed by atoms with Crippen LogP contribution in [0.2, 0.25) is 0 Å². The summed E-state index contributed by atoms with van der Waals surface area (Å²) in [4.78, 5) is 81.7. The summed E-state index contributed by atoms with van der Waals surface area (Å²) in [5.74, 6) is -1.42. The average Bonchev–Trinajstić information content (AvgIpc) is 1.61. The molecule has 0 aliphatic carbocycles. The molecule has 0 spiro atoms. The maximum atomic E-state index is 13.9. The van der Waals surface area contributed by atoms with Gasteiger partial charge in [0, 0.05) is 40.0 Å². The number of aliphatic hydroxyl groups excluding tert-OH is 1. The van der Waals surface area contributed by atoms with Gasteiger partial charge in [0.15, 0.2) is 28.5 Å². The summed E-state index contributed by atoms with van der Waals surface area (Å²) in [6.07, 6.45) is 41.6. The third kappa shape index (κ3) is 27.8. The molecule has 3 amide bonds. The van der Waals surface area contributed by atoms with Gasteiger partial charge in [-0.25, -0.2) is 19.9 Å². The van der Waals surface area contributed by atoms with Gasteiger partial charge >= 0.3 is 11.9 Å². The van der Waals surface area contributed by atoms with Gasteiger partial charge in [0.2, 0.25) is 7.34 Å². The summed E-state index contributed by atoms with van der Waals surface area (Å²) >= 11 is 0. The van der Waals surface area contributed by atoms with E-state index in [0.717, 1.165) is 36.1 Å². The smallest absolute Gasteiger partial charge is 0.306 e. The number of amides is 3. The number of aromatic nitrogens is 4. The summed E-state index contributed by atoms with van der Waals surface area (Å²) < 4.78 is 45.7. The molecule has 1 aliphatic heterocycles. The van der Waals surface area contributed by atoms with E-state index in [-0.39, 0.29) is 67.8 Å². The van der Waals surface area contributed by atoms with Crippen molar-refractivity contribution in [1.82, 2.24) is 24.4 Å². The van der Waals surface area contributed by atoms with Crippen molar-refractivity contribution in [3.8, 4) is 11.5 Å². The number of aliphatic hydroxyl groups is 1. The molecule has 1 aliphatic rings. The number of hydrogen-bond donors (Lipinski definition) is 1. The maximum absolute atomic E-state index is 13.9. The van der Waals surface area contributed by atoms with Crippen LogP contribution in [-0.4, -0.2) is 113 Å². The molecule has 1 saturated heterocycles. The number of nitrogens with zero attached hydrogens (tertiary/aromatic N) is 6. The molecular formula is C71H112N6O11. The third-order valence-corrected chi connectivity index (χ3v) is 16.4. The highest BCUT2D eigenvalue weighted by atomic mass is 16.6. The molecule has 5 rings (SSSR count). The van der Waals surface area contributed by atoms with Crippen LogP contribution in [-0.2, 0) is 28.6 Å². The minimum Gasteiger partial charge on any atom is -0.490 e. The Morgan fingerprint density at radius 1 is 0.659 bits per heavy atom. The number of likely N-dealkylation sites (N-methyl/N-ethyl adjacent to an activating group) is 1. The Morgan fingerprint density at radius 2 is 1.16 bits per heavy atom. The average molecular weight is 1230 g/mol. The molecule has 2 aromatic heterocycles. The Hall–Kier alpha value is -5.94. The molecule has 2 aromatic carbocycles. The number of unbranched alkanes of at least 4 members (excludes halogenated alkanes) is 30. The van der Waals surface area contributed by atoms with E-state index in [1.54, 1.807) is 48.0 Å². The zero-order chi connectivity index (χ0) is 65.0. The Balaban J connectivity index is 0.00000565. The zero-order valence-corrected chi connectivity index (χ0v) is 54.9. The van der Waals surface area contributed by atoms with Gasteiger partial charge in [-0.05, 0) is 56.5 Å². The number of carbonyl (C=O) groups is 5. The second-order valence-corrected chi connectivity index (χ2v) is 23.8. The first-order chi connectivity index (χ1) is 43.9. The first-order valence-electron chi connectivity index (χ1n) is 35.0. The van der Waals surface area contributed by atoms with Gasteiger partial charge in [-0.3, -0.25) is 28.5 Å². The number of aryl methyl sites for hydroxylation is 1. The van der Waals surface area contributed by atoms with Gasteiger partial charge in [-0.15, -0.1) is 0 Å². The number of hydrogen-bond acceptors (Lipinski definition) is 14. The fraction of sp³-hybridized carbons (Fsp3) is 0.690. The Labute approximate surface area is 531 Å². The van der Waals surface area contributed by atoms with Crippen LogP contribution in [0.25, 0.3) is 11.2 Å². The van der Waals surface area contributed by atoms with Crippen LogP contribution in [0.3, 0.4) is 0 Å². The lowest BCUT2D eigenvalue weighted by atomic mass is 10.0. The second-order valence-electron chi connectivity index (χ2n) is 23.8. The van der Waals surface area contributed by atoms with Crippen LogP contribution in [0.5, 0.6) is 11.5 Å². The number of carbonyl (C=O) groups excluding carboxylic acids is 5. The van der Waals surface area contributed by atoms with Crippen LogP contribution in [0.15, 0.2) is 55.1 Å². The van der Waals surface area contributed by atoms with Crippen molar-refractivity contribution >= 4 is 46.6 Å². The largest absolute Gasteiger partial charge is 0.490 e. The molecule has 0 saturated carbocycles. The van der Waals surface area contributed by atoms with E-state index in [9.17, 15) is 24.0 Å². The number of imidazole rings is 1. The molecule has 3 heterocycles. The van der Waals surface area contributed by atoms with Crippen molar-refractivity contribution in [2.75, 3.05) is 45.4 Å². The zero-order valence-electron chi connectivity index (χ0n) is 56.9. The highest BCUT2D eigenvalue weighted by Crippen LogP contribution is 2.36. The lowest BCUT2D eigenvalue weighted by Gasteiger charge is -2.20. The molecule has 3 atom stereocenters. The first-order valence-corrected chi connectivity index (χ1v) is 33.9. The Bertz CT molecular complexity index is 2630. The van der Waals surface area contributed by atoms with Crippen molar-refractivity contribution in [1.29, 1.82) is 1.43 Å². The topological polar surface area (TPSA) is 202 Å². The van der Waals surface area contributed by atoms with E-state index in [1.165, 1.54) is 211 Å². The van der Waals surface area contributed by atoms with E-state index in [4.69, 9.17) is 26.5 Å². The Kier molecular flexibility index (Phi) is 36.6. The fourth-order valence-electron chi connectivity index (χ4n) is 11.2. The molecule has 1 N–H and O–H groups in total. The van der Waals surface area contributed by atoms with Crippen molar-refractivity contribution in [2.45, 2.75) is 278 Å². The van der Waals surface area contributed by atoms with Crippen LogP contribution < -0.4 is 14.4 Å². The third-order valence-electron chi connectivity index (χ3n) is 16.4. The van der Waals surface area contributed by atoms with E-state index in [1.807, 2.05) is 13.0 Å². The van der Waals surface area contributed by atoms with Crippen molar-refractivity contribution in [2.24, 2.45) is 0 Å². The van der Waals surface area contributed by atoms with E-state index in [0.29, 0.717) is 30.3 Å². The van der Waals surface area contributed by atoms with Gasteiger partial charge in [-0.2, -0.15) is 0 Å². The summed E-state index contributed by atoms with van der Waals surface area (Å²) in [6, 6.07) is 12.0. The maximum Gasteiger partial charge on any atom is 0.306 e. The lowest BCUT2D eigenvalue weighted by molar-refractivity contribution is -0.155. The quantitative estimate of drug-likeness (QED) is 0.0323. The van der Waals surface area contributed by atoms with Crippen LogP contribution in [0, 0.1) is 6.92 Å². The van der Waals surface area contributed by atoms with Gasteiger partial charge in [0.05, 0.1) is 45.0 Å². The SMILES string of the molecule is [2H]C[C@H]1O[C@@H](n2cnc3c(N(C(C)=O)C(=O)c4ccccc4)ncnc32)CC1OC(=O)CCC(=O)OCCN(C)C(=O)c1cc(C)c(OCCCCCCCCCCCCCCCCCC)c(OCCCCCCCCCCCCCCCCCC)c1.[3H]OC. The van der Waals surface area contributed by atoms with Crippen molar-refractivity contribution < 1.29 is 54.1 Å². The number of ether oxygens (including phenoxy) is 5. The van der Waals surface area contributed by atoms with Gasteiger partial charge < -0.3 is 33.7 Å². The molecule has 1 unspecified atom stereocenters. The number of anilines is 1. The van der Waals surface area contributed by atoms with Gasteiger partial charge in [0.1, 0.15) is 25.3 Å². The van der Waals surface area contributed by atoms with Crippen molar-refractivity contribution in [3.63, 3.8) is 0 Å². The number of rotatable bonds is 47. The Morgan fingerprint density at radius 3 is 1.67 bits per heavy atom. The minimum atomic E-state index is -0.819.